The van der Waals surface area contributed by atoms with Crippen molar-refractivity contribution in [1.29, 1.82) is 0 Å². The molecule has 0 aromatic carbocycles. The Morgan fingerprint density at radius 2 is 2.13 bits per heavy atom. The van der Waals surface area contributed by atoms with E-state index >= 15 is 0 Å². The molecule has 0 bridgehead atoms. The number of nitrogens with zero attached hydrogens (tertiary/aromatic N) is 4. The molecule has 0 atom stereocenters. The van der Waals surface area contributed by atoms with E-state index in [9.17, 15) is 4.79 Å². The van der Waals surface area contributed by atoms with Crippen LogP contribution in [0.2, 0.25) is 0 Å². The first-order valence-electron chi connectivity index (χ1n) is 7.87. The topological polar surface area (TPSA) is 76.0 Å². The minimum atomic E-state index is -0.491. The van der Waals surface area contributed by atoms with Gasteiger partial charge in [0.05, 0.1) is 24.5 Å². The van der Waals surface area contributed by atoms with Gasteiger partial charge in [-0.3, -0.25) is 10.00 Å². The highest BCUT2D eigenvalue weighted by Gasteiger charge is 2.32. The fraction of sp³-hybridized carbons (Fsp3) is 0.562. The zero-order chi connectivity index (χ0) is 16.8. The number of hydrogen-bond acceptors (Lipinski definition) is 4. The lowest BCUT2D eigenvalue weighted by Gasteiger charge is -2.24. The van der Waals surface area contributed by atoms with Gasteiger partial charge in [-0.2, -0.15) is 5.10 Å². The first-order chi connectivity index (χ1) is 10.8. The van der Waals surface area contributed by atoms with Gasteiger partial charge in [0.2, 0.25) is 0 Å². The van der Waals surface area contributed by atoms with E-state index in [1.54, 1.807) is 4.90 Å². The summed E-state index contributed by atoms with van der Waals surface area (Å²) in [5.74, 6) is 0.852. The summed E-state index contributed by atoms with van der Waals surface area (Å²) in [6.07, 6.45) is -0.296. The monoisotopic (exact) mass is 317 g/mol. The summed E-state index contributed by atoms with van der Waals surface area (Å²) < 4.78 is 7.57. The Kier molecular flexibility index (Phi) is 3.66. The molecule has 1 amide bonds. The lowest BCUT2D eigenvalue weighted by Crippen LogP contribution is -2.33. The van der Waals surface area contributed by atoms with Crippen molar-refractivity contribution in [3.63, 3.8) is 0 Å². The maximum atomic E-state index is 12.2. The van der Waals surface area contributed by atoms with Crippen LogP contribution in [0.3, 0.4) is 0 Å². The molecule has 1 aliphatic rings. The van der Waals surface area contributed by atoms with Crippen molar-refractivity contribution < 1.29 is 9.53 Å². The number of fused-ring (bicyclic) bond motifs is 1. The van der Waals surface area contributed by atoms with Gasteiger partial charge in [0.1, 0.15) is 11.3 Å². The van der Waals surface area contributed by atoms with Crippen LogP contribution in [0, 0.1) is 6.92 Å². The Bertz CT molecular complexity index is 738. The van der Waals surface area contributed by atoms with Gasteiger partial charge in [0, 0.05) is 12.2 Å². The van der Waals surface area contributed by atoms with Crippen molar-refractivity contribution in [3.8, 4) is 11.5 Å². The average molecular weight is 317 g/mol. The average Bonchev–Trinajstić information content (AvgIpc) is 3.08. The summed E-state index contributed by atoms with van der Waals surface area (Å²) in [4.78, 5) is 18.6. The predicted octanol–water partition coefficient (Wildman–Crippen LogP) is 2.85. The summed E-state index contributed by atoms with van der Waals surface area (Å²) in [6.45, 7) is 11.4. The molecular formula is C16H23N5O2. The van der Waals surface area contributed by atoms with E-state index in [4.69, 9.17) is 9.72 Å². The minimum Gasteiger partial charge on any atom is -0.444 e. The van der Waals surface area contributed by atoms with E-state index in [2.05, 4.69) is 21.7 Å². The summed E-state index contributed by atoms with van der Waals surface area (Å²) in [5.41, 5.74) is 3.33. The van der Waals surface area contributed by atoms with E-state index in [-0.39, 0.29) is 6.09 Å². The highest BCUT2D eigenvalue weighted by atomic mass is 16.6. The van der Waals surface area contributed by atoms with Crippen molar-refractivity contribution in [2.75, 3.05) is 0 Å². The Labute approximate surface area is 135 Å². The minimum absolute atomic E-state index is 0.296. The number of rotatable bonds is 2. The number of carbonyl (C=O) groups excluding carboxylic acids is 1. The molecule has 0 radical (unpaired) electrons. The first-order valence-corrected chi connectivity index (χ1v) is 7.87. The number of carbonyl (C=O) groups is 1. The second-order valence-electron chi connectivity index (χ2n) is 6.85. The van der Waals surface area contributed by atoms with Gasteiger partial charge in [-0.15, -0.1) is 0 Å². The third-order valence-electron chi connectivity index (χ3n) is 3.74. The molecule has 2 aromatic heterocycles. The molecule has 7 nitrogen and oxygen atoms in total. The Morgan fingerprint density at radius 3 is 2.70 bits per heavy atom. The van der Waals surface area contributed by atoms with Gasteiger partial charge in [-0.1, -0.05) is 0 Å². The SMILES string of the molecule is CCn1c(-c2cc(C)[nH]n2)nc2c1CN(C(=O)OC(C)(C)C)C2. The van der Waals surface area contributed by atoms with Gasteiger partial charge < -0.3 is 9.30 Å². The fourth-order valence-corrected chi connectivity index (χ4v) is 2.78. The Morgan fingerprint density at radius 1 is 1.39 bits per heavy atom. The third kappa shape index (κ3) is 2.95. The van der Waals surface area contributed by atoms with Crippen LogP contribution in [0.25, 0.3) is 11.5 Å². The quantitative estimate of drug-likeness (QED) is 0.924. The van der Waals surface area contributed by atoms with E-state index < -0.39 is 5.60 Å². The van der Waals surface area contributed by atoms with Gasteiger partial charge in [-0.05, 0) is 40.7 Å². The number of aromatic nitrogens is 4. The van der Waals surface area contributed by atoms with Crippen LogP contribution in [-0.2, 0) is 24.4 Å². The molecule has 7 heteroatoms. The lowest BCUT2D eigenvalue weighted by molar-refractivity contribution is 0.0237. The first kappa shape index (κ1) is 15.6. The van der Waals surface area contributed by atoms with Crippen molar-refractivity contribution in [3.05, 3.63) is 23.1 Å². The van der Waals surface area contributed by atoms with Crippen LogP contribution in [0.5, 0.6) is 0 Å². The molecule has 1 N–H and O–H groups in total. The van der Waals surface area contributed by atoms with Crippen molar-refractivity contribution >= 4 is 6.09 Å². The molecule has 0 aliphatic carbocycles. The van der Waals surface area contributed by atoms with Crippen LogP contribution < -0.4 is 0 Å². The third-order valence-corrected chi connectivity index (χ3v) is 3.74. The van der Waals surface area contributed by atoms with Crippen LogP contribution >= 0.6 is 0 Å². The van der Waals surface area contributed by atoms with E-state index in [1.165, 1.54) is 0 Å². The zero-order valence-electron chi connectivity index (χ0n) is 14.3. The van der Waals surface area contributed by atoms with Crippen molar-refractivity contribution in [1.82, 2.24) is 24.6 Å². The summed E-state index contributed by atoms with van der Waals surface area (Å²) >= 11 is 0. The smallest absolute Gasteiger partial charge is 0.410 e. The van der Waals surface area contributed by atoms with Crippen LogP contribution in [0.1, 0.15) is 44.8 Å². The second kappa shape index (κ2) is 5.40. The molecule has 1 aliphatic heterocycles. The second-order valence-corrected chi connectivity index (χ2v) is 6.85. The van der Waals surface area contributed by atoms with Gasteiger partial charge in [0.25, 0.3) is 0 Å². The summed E-state index contributed by atoms with van der Waals surface area (Å²) in [5, 5.41) is 7.24. The number of hydrogen-bond donors (Lipinski definition) is 1. The van der Waals surface area contributed by atoms with E-state index in [0.29, 0.717) is 13.1 Å². The molecule has 0 fully saturated rings. The molecule has 3 heterocycles. The fourth-order valence-electron chi connectivity index (χ4n) is 2.78. The summed E-state index contributed by atoms with van der Waals surface area (Å²) in [7, 11) is 0. The highest BCUT2D eigenvalue weighted by Crippen LogP contribution is 2.29. The molecule has 23 heavy (non-hydrogen) atoms. The maximum absolute atomic E-state index is 12.2. The number of aromatic amines is 1. The summed E-state index contributed by atoms with van der Waals surface area (Å²) in [6, 6.07) is 1.98. The van der Waals surface area contributed by atoms with Crippen LogP contribution in [0.15, 0.2) is 6.07 Å². The van der Waals surface area contributed by atoms with Gasteiger partial charge in [0.15, 0.2) is 5.82 Å². The molecule has 0 spiro atoms. The standard InChI is InChI=1S/C16H23N5O2/c1-6-21-13-9-20(15(22)23-16(3,4)5)8-12(13)17-14(21)11-7-10(2)18-19-11/h7H,6,8-9H2,1-5H3,(H,18,19). The normalized spacial score (nSPS) is 14.2. The number of amides is 1. The molecule has 2 aromatic rings. The van der Waals surface area contributed by atoms with E-state index in [1.807, 2.05) is 33.8 Å². The maximum Gasteiger partial charge on any atom is 0.410 e. The van der Waals surface area contributed by atoms with Gasteiger partial charge >= 0.3 is 6.09 Å². The molecular weight excluding hydrogens is 294 g/mol. The van der Waals surface area contributed by atoms with Crippen LogP contribution in [-0.4, -0.2) is 36.3 Å². The molecule has 0 saturated heterocycles. The van der Waals surface area contributed by atoms with Gasteiger partial charge in [-0.25, -0.2) is 9.78 Å². The molecule has 0 saturated carbocycles. The molecule has 0 unspecified atom stereocenters. The van der Waals surface area contributed by atoms with E-state index in [0.717, 1.165) is 35.1 Å². The lowest BCUT2D eigenvalue weighted by atomic mass is 10.2. The Hall–Kier alpha value is -2.31. The van der Waals surface area contributed by atoms with Crippen molar-refractivity contribution in [2.24, 2.45) is 0 Å². The number of nitrogens with one attached hydrogen (secondary N) is 1. The molecule has 3 rings (SSSR count). The predicted molar refractivity (Wildman–Crippen MR) is 85.7 cm³/mol. The van der Waals surface area contributed by atoms with Crippen LogP contribution in [0.4, 0.5) is 4.79 Å². The number of H-pyrrole nitrogens is 1. The highest BCUT2D eigenvalue weighted by molar-refractivity contribution is 5.69. The zero-order valence-corrected chi connectivity index (χ0v) is 14.3. The molecule has 124 valence electrons. The number of aryl methyl sites for hydroxylation is 1. The number of imidazole rings is 1. The van der Waals surface area contributed by atoms with Crippen molar-refractivity contribution in [2.45, 2.75) is 59.9 Å². The largest absolute Gasteiger partial charge is 0.444 e. The Balaban J connectivity index is 1.85. The number of ether oxygens (including phenoxy) is 1.